The fourth-order valence-electron chi connectivity index (χ4n) is 4.49. The van der Waals surface area contributed by atoms with Crippen molar-refractivity contribution in [3.05, 3.63) is 53.5 Å². The summed E-state index contributed by atoms with van der Waals surface area (Å²) in [4.78, 5) is 44.3. The minimum atomic E-state index is -2.48. The number of methoxy groups -OCH3 is 1. The molecule has 0 aliphatic carbocycles. The monoisotopic (exact) mass is 573 g/mol. The average Bonchev–Trinajstić information content (AvgIpc) is 2.83. The van der Waals surface area contributed by atoms with Crippen LogP contribution in [-0.4, -0.2) is 59.6 Å². The van der Waals surface area contributed by atoms with Gasteiger partial charge in [-0.05, 0) is 61.6 Å². The normalized spacial score (nSPS) is 17.8. The first-order chi connectivity index (χ1) is 18.4. The summed E-state index contributed by atoms with van der Waals surface area (Å²) in [5.41, 5.74) is 0.0653. The molecule has 0 spiro atoms. The Kier molecular flexibility index (Phi) is 8.69. The summed E-state index contributed by atoms with van der Waals surface area (Å²) in [6.45, 7) is 15.2. The number of halogens is 1. The molecule has 1 aromatic carbocycles. The molecule has 2 aromatic rings. The van der Waals surface area contributed by atoms with Crippen LogP contribution in [0.15, 0.2) is 36.5 Å². The molecule has 1 aliphatic heterocycles. The number of anilines is 1. The maximum Gasteiger partial charge on any atom is 0.416 e. The van der Waals surface area contributed by atoms with Gasteiger partial charge >= 0.3 is 12.1 Å². The topological polar surface area (TPSA) is 109 Å². The van der Waals surface area contributed by atoms with E-state index in [9.17, 15) is 19.5 Å². The van der Waals surface area contributed by atoms with Gasteiger partial charge in [-0.3, -0.25) is 9.69 Å². The number of hydrogen-bond acceptors (Lipinski definition) is 6. The number of carbonyl (C=O) groups excluding carboxylic acids is 2. The van der Waals surface area contributed by atoms with Crippen LogP contribution in [0.1, 0.15) is 52.7 Å². The zero-order valence-corrected chi connectivity index (χ0v) is 25.7. The van der Waals surface area contributed by atoms with E-state index in [0.29, 0.717) is 5.75 Å². The molecule has 11 heteroatoms. The van der Waals surface area contributed by atoms with E-state index in [2.05, 4.69) is 4.98 Å². The molecule has 1 aromatic heterocycles. The molecule has 1 fully saturated rings. The minimum absolute atomic E-state index is 0.0796. The van der Waals surface area contributed by atoms with E-state index in [-0.39, 0.29) is 35.3 Å². The van der Waals surface area contributed by atoms with Gasteiger partial charge in [-0.25, -0.2) is 19.0 Å². The molecular weight excluding hydrogens is 533 g/mol. The summed E-state index contributed by atoms with van der Waals surface area (Å²) in [5.74, 6) is -2.23. The van der Waals surface area contributed by atoms with Gasteiger partial charge < -0.3 is 19.1 Å². The van der Waals surface area contributed by atoms with Crippen molar-refractivity contribution in [3.8, 4) is 5.75 Å². The van der Waals surface area contributed by atoms with Gasteiger partial charge in [0.1, 0.15) is 29.0 Å². The number of amides is 2. The van der Waals surface area contributed by atoms with Crippen molar-refractivity contribution in [3.63, 3.8) is 0 Å². The fraction of sp³-hybridized carbons (Fsp3) is 0.517. The van der Waals surface area contributed by atoms with Crippen molar-refractivity contribution in [2.75, 3.05) is 12.0 Å². The van der Waals surface area contributed by atoms with Crippen LogP contribution in [0.2, 0.25) is 18.1 Å². The quantitative estimate of drug-likeness (QED) is 0.322. The highest BCUT2D eigenvalue weighted by Gasteiger charge is 2.60. The highest BCUT2D eigenvalue weighted by atomic mass is 28.3. The van der Waals surface area contributed by atoms with Crippen molar-refractivity contribution in [1.82, 2.24) is 9.55 Å². The lowest BCUT2D eigenvalue weighted by atomic mass is 9.84. The summed E-state index contributed by atoms with van der Waals surface area (Å²) < 4.78 is 27.4. The predicted molar refractivity (Wildman–Crippen MR) is 152 cm³/mol. The zero-order chi connectivity index (χ0) is 30.2. The molecule has 218 valence electrons. The number of carboxylic acid groups (broad SMARTS) is 1. The number of aromatic nitrogens is 1. The van der Waals surface area contributed by atoms with E-state index in [0.717, 1.165) is 11.8 Å². The second kappa shape index (κ2) is 11.2. The van der Waals surface area contributed by atoms with Crippen molar-refractivity contribution in [2.45, 2.75) is 84.3 Å². The molecule has 40 heavy (non-hydrogen) atoms. The number of nitrogens with zero attached hydrogens (tertiary/aromatic N) is 3. The Hall–Kier alpha value is -3.47. The van der Waals surface area contributed by atoms with E-state index in [1.54, 1.807) is 52.1 Å². The van der Waals surface area contributed by atoms with Gasteiger partial charge in [-0.15, -0.1) is 0 Å². The summed E-state index contributed by atoms with van der Waals surface area (Å²) in [6.07, 6.45) is 0.175. The van der Waals surface area contributed by atoms with E-state index in [4.69, 9.17) is 9.47 Å². The van der Waals surface area contributed by atoms with Crippen LogP contribution in [-0.2, 0) is 27.3 Å². The first-order valence-electron chi connectivity index (χ1n) is 13.2. The third-order valence-electron chi connectivity index (χ3n) is 7.65. The first kappa shape index (κ1) is 31.1. The Morgan fingerprint density at radius 1 is 1.12 bits per heavy atom. The molecule has 2 atom stereocenters. The summed E-state index contributed by atoms with van der Waals surface area (Å²) >= 11 is 0. The standard InChI is InChI=1S/C29H40FN3O6Si/c1-28(2,3)39-27(37)32(17-18-10-12-20(38-7)13-11-18)23-15-19(22(30)16-31-23)14-21-24(26(35)36)33(25(21)34)40(8,9)29(4,5)6/h10-13,15-16,21,24H,14,17H2,1-9H3,(H,35,36)/t21-,24+/m1/s1. The van der Waals surface area contributed by atoms with Gasteiger partial charge in [0.05, 0.1) is 25.8 Å². The number of rotatable bonds is 8. The Labute approximate surface area is 236 Å². The Morgan fingerprint density at radius 3 is 2.23 bits per heavy atom. The van der Waals surface area contributed by atoms with Crippen LogP contribution in [0.3, 0.4) is 0 Å². The van der Waals surface area contributed by atoms with Crippen LogP contribution < -0.4 is 9.64 Å². The highest BCUT2D eigenvalue weighted by molar-refractivity contribution is 6.80. The number of β-lactam (4-membered cyclic amide) rings is 1. The van der Waals surface area contributed by atoms with Gasteiger partial charge in [0.2, 0.25) is 5.91 Å². The molecule has 0 bridgehead atoms. The molecule has 1 N–H and O–H groups in total. The summed E-state index contributed by atoms with van der Waals surface area (Å²) in [6, 6.07) is 7.44. The van der Waals surface area contributed by atoms with E-state index < -0.39 is 43.7 Å². The predicted octanol–water partition coefficient (Wildman–Crippen LogP) is 5.63. The summed E-state index contributed by atoms with van der Waals surface area (Å²) in [5, 5.41) is 9.78. The lowest BCUT2D eigenvalue weighted by Gasteiger charge is -2.56. The maximum absolute atomic E-state index is 15.0. The SMILES string of the molecule is COc1ccc(CN(C(=O)OC(C)(C)C)c2cc(C[C@H]3C(=O)N([Si](C)(C)C(C)(C)C)[C@@H]3C(=O)O)c(F)cn2)cc1. The second-order valence-electron chi connectivity index (χ2n) is 12.7. The molecule has 1 saturated heterocycles. The minimum Gasteiger partial charge on any atom is -0.497 e. The van der Waals surface area contributed by atoms with E-state index in [1.165, 1.54) is 15.5 Å². The number of benzene rings is 1. The van der Waals surface area contributed by atoms with Gasteiger partial charge in [0, 0.05) is 0 Å². The van der Waals surface area contributed by atoms with Crippen molar-refractivity contribution in [1.29, 1.82) is 0 Å². The largest absolute Gasteiger partial charge is 0.497 e. The number of pyridine rings is 1. The lowest BCUT2D eigenvalue weighted by Crippen LogP contribution is -2.75. The maximum atomic E-state index is 15.0. The first-order valence-corrected chi connectivity index (χ1v) is 16.2. The van der Waals surface area contributed by atoms with Crippen LogP contribution in [0.4, 0.5) is 15.0 Å². The smallest absolute Gasteiger partial charge is 0.416 e. The van der Waals surface area contributed by atoms with Gasteiger partial charge in [0.15, 0.2) is 8.24 Å². The number of carbonyl (C=O) groups is 3. The molecule has 9 nitrogen and oxygen atoms in total. The Bertz CT molecular complexity index is 1270. The molecule has 2 amide bonds. The van der Waals surface area contributed by atoms with E-state index >= 15 is 4.39 Å². The van der Waals surface area contributed by atoms with Crippen LogP contribution in [0.25, 0.3) is 0 Å². The van der Waals surface area contributed by atoms with Gasteiger partial charge in [0.25, 0.3) is 0 Å². The van der Waals surface area contributed by atoms with Crippen LogP contribution in [0.5, 0.6) is 5.75 Å². The van der Waals surface area contributed by atoms with Crippen LogP contribution in [0, 0.1) is 11.7 Å². The lowest BCUT2D eigenvalue weighted by molar-refractivity contribution is -0.164. The number of carboxylic acids is 1. The zero-order valence-electron chi connectivity index (χ0n) is 24.7. The van der Waals surface area contributed by atoms with Crippen LogP contribution >= 0.6 is 0 Å². The molecular formula is C29H40FN3O6Si. The van der Waals surface area contributed by atoms with Crippen molar-refractivity contribution >= 4 is 32.0 Å². The molecule has 3 rings (SSSR count). The van der Waals surface area contributed by atoms with Gasteiger partial charge in [-0.2, -0.15) is 0 Å². The van der Waals surface area contributed by atoms with Crippen molar-refractivity contribution < 1.29 is 33.4 Å². The average molecular weight is 574 g/mol. The molecule has 1 aliphatic rings. The third-order valence-corrected chi connectivity index (χ3v) is 13.0. The Balaban J connectivity index is 1.95. The highest BCUT2D eigenvalue weighted by Crippen LogP contribution is 2.45. The van der Waals surface area contributed by atoms with Gasteiger partial charge in [-0.1, -0.05) is 46.0 Å². The molecule has 0 radical (unpaired) electrons. The Morgan fingerprint density at radius 2 is 1.73 bits per heavy atom. The number of ether oxygens (including phenoxy) is 2. The second-order valence-corrected chi connectivity index (χ2v) is 17.8. The van der Waals surface area contributed by atoms with E-state index in [1.807, 2.05) is 33.9 Å². The molecule has 0 saturated carbocycles. The summed E-state index contributed by atoms with van der Waals surface area (Å²) in [7, 11) is -0.927. The fourth-order valence-corrected chi connectivity index (χ4v) is 6.92. The molecule has 0 unspecified atom stereocenters. The molecule has 2 heterocycles. The van der Waals surface area contributed by atoms with Crippen molar-refractivity contribution in [2.24, 2.45) is 5.92 Å². The number of hydrogen-bond donors (Lipinski definition) is 1. The number of aliphatic carboxylic acids is 1. The third kappa shape index (κ3) is 6.46.